The number of aliphatic hydroxyl groups is 1. The predicted molar refractivity (Wildman–Crippen MR) is 78.7 cm³/mol. The van der Waals surface area contributed by atoms with E-state index in [0.29, 0.717) is 26.3 Å². The Balaban J connectivity index is 3.44. The molecular formula is C14H30N2O4. The van der Waals surface area contributed by atoms with Gasteiger partial charge >= 0.3 is 0 Å². The van der Waals surface area contributed by atoms with Crippen LogP contribution in [0.2, 0.25) is 0 Å². The first kappa shape index (κ1) is 19.3. The lowest BCUT2D eigenvalue weighted by Gasteiger charge is -2.16. The van der Waals surface area contributed by atoms with Gasteiger partial charge in [0.2, 0.25) is 5.91 Å². The number of nitrogens with one attached hydrogen (secondary N) is 2. The Morgan fingerprint density at radius 3 is 2.55 bits per heavy atom. The van der Waals surface area contributed by atoms with Gasteiger partial charge in [0.25, 0.3) is 0 Å². The monoisotopic (exact) mass is 290 g/mol. The zero-order valence-electron chi connectivity index (χ0n) is 13.0. The van der Waals surface area contributed by atoms with E-state index in [4.69, 9.17) is 9.47 Å². The molecule has 0 bridgehead atoms. The molecule has 2 atom stereocenters. The Hall–Kier alpha value is -0.690. The summed E-state index contributed by atoms with van der Waals surface area (Å²) < 4.78 is 10.6. The van der Waals surface area contributed by atoms with Crippen LogP contribution in [0, 0.1) is 0 Å². The molecule has 120 valence electrons. The minimum absolute atomic E-state index is 0.0649. The Bertz CT molecular complexity index is 239. The van der Waals surface area contributed by atoms with Gasteiger partial charge in [-0.3, -0.25) is 4.79 Å². The quantitative estimate of drug-likeness (QED) is 0.425. The number of hydrogen-bond acceptors (Lipinski definition) is 5. The van der Waals surface area contributed by atoms with Crippen molar-refractivity contribution in [3.63, 3.8) is 0 Å². The average molecular weight is 290 g/mol. The first-order valence-electron chi connectivity index (χ1n) is 7.46. The van der Waals surface area contributed by atoms with Crippen molar-refractivity contribution in [2.75, 3.05) is 39.5 Å². The van der Waals surface area contributed by atoms with Crippen LogP contribution in [0.1, 0.15) is 33.6 Å². The van der Waals surface area contributed by atoms with Crippen LogP contribution in [-0.4, -0.2) is 62.7 Å². The van der Waals surface area contributed by atoms with Crippen molar-refractivity contribution in [3.8, 4) is 0 Å². The summed E-state index contributed by atoms with van der Waals surface area (Å²) in [5.74, 6) is -0.0649. The molecule has 20 heavy (non-hydrogen) atoms. The standard InChI is InChI=1S/C14H30N2O4/c1-4-6-7-19-8-9-20-11-13(17)10-16-12(3)14(18)15-5-2/h12-13,16-17H,4-11H2,1-3H3,(H,15,18). The third-order valence-electron chi connectivity index (χ3n) is 2.73. The molecule has 0 saturated heterocycles. The van der Waals surface area contributed by atoms with Crippen LogP contribution < -0.4 is 10.6 Å². The maximum Gasteiger partial charge on any atom is 0.236 e. The lowest BCUT2D eigenvalue weighted by atomic mass is 10.3. The molecule has 0 rings (SSSR count). The minimum atomic E-state index is -0.623. The summed E-state index contributed by atoms with van der Waals surface area (Å²) >= 11 is 0. The van der Waals surface area contributed by atoms with Gasteiger partial charge in [-0.1, -0.05) is 13.3 Å². The average Bonchev–Trinajstić information content (AvgIpc) is 2.44. The van der Waals surface area contributed by atoms with E-state index in [1.807, 2.05) is 6.92 Å². The number of unbranched alkanes of at least 4 members (excludes halogenated alkanes) is 1. The van der Waals surface area contributed by atoms with E-state index in [1.54, 1.807) is 6.92 Å². The molecule has 2 unspecified atom stereocenters. The fourth-order valence-electron chi connectivity index (χ4n) is 1.48. The topological polar surface area (TPSA) is 79.8 Å². The molecule has 0 aromatic carbocycles. The zero-order chi connectivity index (χ0) is 15.2. The first-order valence-corrected chi connectivity index (χ1v) is 7.46. The first-order chi connectivity index (χ1) is 9.61. The molecule has 6 heteroatoms. The van der Waals surface area contributed by atoms with Crippen molar-refractivity contribution in [1.29, 1.82) is 0 Å². The Kier molecular flexibility index (Phi) is 12.8. The summed E-state index contributed by atoms with van der Waals surface area (Å²) in [6, 6.07) is -0.318. The molecule has 0 heterocycles. The second-order valence-corrected chi connectivity index (χ2v) is 4.72. The summed E-state index contributed by atoms with van der Waals surface area (Å²) in [5, 5.41) is 15.4. The Morgan fingerprint density at radius 1 is 1.20 bits per heavy atom. The molecule has 0 saturated carbocycles. The lowest BCUT2D eigenvalue weighted by molar-refractivity contribution is -0.122. The van der Waals surface area contributed by atoms with E-state index in [9.17, 15) is 9.90 Å². The van der Waals surface area contributed by atoms with Gasteiger partial charge in [0.15, 0.2) is 0 Å². The van der Waals surface area contributed by atoms with Crippen molar-refractivity contribution in [3.05, 3.63) is 0 Å². The molecule has 0 aromatic heterocycles. The van der Waals surface area contributed by atoms with Crippen LogP contribution in [0.25, 0.3) is 0 Å². The van der Waals surface area contributed by atoms with E-state index in [2.05, 4.69) is 17.6 Å². The summed E-state index contributed by atoms with van der Waals surface area (Å²) in [4.78, 5) is 11.4. The van der Waals surface area contributed by atoms with Crippen LogP contribution in [0.3, 0.4) is 0 Å². The van der Waals surface area contributed by atoms with Gasteiger partial charge in [-0.05, 0) is 20.3 Å². The fourth-order valence-corrected chi connectivity index (χ4v) is 1.48. The lowest BCUT2D eigenvalue weighted by Crippen LogP contribution is -2.45. The smallest absolute Gasteiger partial charge is 0.236 e. The number of likely N-dealkylation sites (N-methyl/N-ethyl adjacent to an activating group) is 1. The summed E-state index contributed by atoms with van der Waals surface area (Å²) in [6.45, 7) is 8.72. The second kappa shape index (κ2) is 13.3. The van der Waals surface area contributed by atoms with Crippen molar-refractivity contribution in [2.24, 2.45) is 0 Å². The molecule has 0 spiro atoms. The SMILES string of the molecule is CCCCOCCOCC(O)CNC(C)C(=O)NCC. The van der Waals surface area contributed by atoms with Gasteiger partial charge in [-0.15, -0.1) is 0 Å². The molecule has 0 aromatic rings. The van der Waals surface area contributed by atoms with Gasteiger partial charge in [-0.2, -0.15) is 0 Å². The number of amides is 1. The van der Waals surface area contributed by atoms with E-state index in [1.165, 1.54) is 0 Å². The molecule has 6 nitrogen and oxygen atoms in total. The summed E-state index contributed by atoms with van der Waals surface area (Å²) in [6.07, 6.45) is 1.56. The van der Waals surface area contributed by atoms with Crippen LogP contribution in [0.4, 0.5) is 0 Å². The summed E-state index contributed by atoms with van der Waals surface area (Å²) in [7, 11) is 0. The molecule has 3 N–H and O–H groups in total. The number of carbonyl (C=O) groups is 1. The summed E-state index contributed by atoms with van der Waals surface area (Å²) in [5.41, 5.74) is 0. The maximum atomic E-state index is 11.4. The van der Waals surface area contributed by atoms with Crippen molar-refractivity contribution in [1.82, 2.24) is 10.6 Å². The van der Waals surface area contributed by atoms with Gasteiger partial charge in [0.05, 0.1) is 32.0 Å². The number of aliphatic hydroxyl groups excluding tert-OH is 1. The molecule has 0 radical (unpaired) electrons. The highest BCUT2D eigenvalue weighted by Gasteiger charge is 2.13. The highest BCUT2D eigenvalue weighted by molar-refractivity contribution is 5.81. The molecule has 1 amide bonds. The van der Waals surface area contributed by atoms with Crippen molar-refractivity contribution >= 4 is 5.91 Å². The maximum absolute atomic E-state index is 11.4. The molecular weight excluding hydrogens is 260 g/mol. The third kappa shape index (κ3) is 11.2. The highest BCUT2D eigenvalue weighted by Crippen LogP contribution is 1.90. The van der Waals surface area contributed by atoms with Crippen molar-refractivity contribution < 1.29 is 19.4 Å². The number of ether oxygens (including phenoxy) is 2. The van der Waals surface area contributed by atoms with E-state index in [0.717, 1.165) is 19.4 Å². The van der Waals surface area contributed by atoms with E-state index >= 15 is 0 Å². The van der Waals surface area contributed by atoms with E-state index in [-0.39, 0.29) is 18.6 Å². The fraction of sp³-hybridized carbons (Fsp3) is 0.929. The molecule has 0 fully saturated rings. The van der Waals surface area contributed by atoms with Crippen LogP contribution in [-0.2, 0) is 14.3 Å². The highest BCUT2D eigenvalue weighted by atomic mass is 16.5. The number of hydrogen-bond donors (Lipinski definition) is 3. The number of rotatable bonds is 13. The molecule has 0 aliphatic heterocycles. The van der Waals surface area contributed by atoms with Gasteiger partial charge < -0.3 is 25.2 Å². The van der Waals surface area contributed by atoms with Gasteiger partial charge in [0, 0.05) is 19.7 Å². The third-order valence-corrected chi connectivity index (χ3v) is 2.73. The van der Waals surface area contributed by atoms with Crippen LogP contribution >= 0.6 is 0 Å². The van der Waals surface area contributed by atoms with Crippen molar-refractivity contribution in [2.45, 2.75) is 45.8 Å². The van der Waals surface area contributed by atoms with Gasteiger partial charge in [-0.25, -0.2) is 0 Å². The molecule has 0 aliphatic carbocycles. The Labute approximate surface area is 122 Å². The normalized spacial score (nSPS) is 14.0. The number of carbonyl (C=O) groups excluding carboxylic acids is 1. The largest absolute Gasteiger partial charge is 0.389 e. The molecule has 0 aliphatic rings. The minimum Gasteiger partial charge on any atom is -0.389 e. The van der Waals surface area contributed by atoms with Gasteiger partial charge in [0.1, 0.15) is 0 Å². The second-order valence-electron chi connectivity index (χ2n) is 4.72. The predicted octanol–water partition coefficient (Wildman–Crippen LogP) is 0.295. The van der Waals surface area contributed by atoms with Crippen LogP contribution in [0.15, 0.2) is 0 Å². The van der Waals surface area contributed by atoms with Crippen LogP contribution in [0.5, 0.6) is 0 Å². The zero-order valence-corrected chi connectivity index (χ0v) is 13.0. The Morgan fingerprint density at radius 2 is 1.90 bits per heavy atom. The van der Waals surface area contributed by atoms with E-state index < -0.39 is 6.10 Å².